The van der Waals surface area contributed by atoms with E-state index in [1.54, 1.807) is 11.8 Å². The number of anilines is 1. The largest absolute Gasteiger partial charge is 0.382 e. The Kier molecular flexibility index (Phi) is 11.9. The molecule has 10 heteroatoms. The van der Waals surface area contributed by atoms with Gasteiger partial charge in [-0.1, -0.05) is 65.9 Å². The van der Waals surface area contributed by atoms with Crippen molar-refractivity contribution in [3.05, 3.63) is 65.9 Å². The first kappa shape index (κ1) is 29.9. The van der Waals surface area contributed by atoms with E-state index >= 15 is 0 Å². The lowest BCUT2D eigenvalue weighted by atomic mass is 10.0. The maximum absolute atomic E-state index is 13.4. The second kappa shape index (κ2) is 15.1. The molecule has 0 atom stereocenters. The Hall–Kier alpha value is -2.63. The van der Waals surface area contributed by atoms with Crippen LogP contribution in [0.5, 0.6) is 0 Å². The Morgan fingerprint density at radius 3 is 2.24 bits per heavy atom. The maximum atomic E-state index is 13.4. The lowest BCUT2D eigenvalue weighted by molar-refractivity contribution is -0.118. The number of nitrogens with zero attached hydrogens (tertiary/aromatic N) is 2. The third-order valence-corrected chi connectivity index (χ3v) is 9.02. The molecule has 1 aromatic heterocycles. The molecule has 0 aliphatic carbocycles. The molecule has 8 nitrogen and oxygen atoms in total. The van der Waals surface area contributed by atoms with Crippen LogP contribution in [0.2, 0.25) is 0 Å². The first-order valence-electron chi connectivity index (χ1n) is 12.9. The van der Waals surface area contributed by atoms with Crippen LogP contribution in [0.1, 0.15) is 37.9 Å². The van der Waals surface area contributed by atoms with Gasteiger partial charge >= 0.3 is 0 Å². The summed E-state index contributed by atoms with van der Waals surface area (Å²) in [4.78, 5) is 19.5. The molecule has 1 heterocycles. The number of carbonyl (C=O) groups excluding carboxylic acids is 1. The Labute approximate surface area is 230 Å². The highest BCUT2D eigenvalue weighted by Crippen LogP contribution is 2.30. The third-order valence-electron chi connectivity index (χ3n) is 5.77. The smallest absolute Gasteiger partial charge is 0.252 e. The molecular weight excluding hydrogens is 522 g/mol. The highest BCUT2D eigenvalue weighted by molar-refractivity contribution is 7.91. The first-order chi connectivity index (χ1) is 18.4. The number of rotatable bonds is 16. The normalized spacial score (nSPS) is 11.6. The van der Waals surface area contributed by atoms with Gasteiger partial charge in [0.2, 0.25) is 5.91 Å². The zero-order valence-corrected chi connectivity index (χ0v) is 23.9. The van der Waals surface area contributed by atoms with Crippen LogP contribution in [0.4, 0.5) is 5.13 Å². The Bertz CT molecular complexity index is 1250. The van der Waals surface area contributed by atoms with Crippen molar-refractivity contribution in [3.63, 3.8) is 0 Å². The average Bonchev–Trinajstić information content (AvgIpc) is 3.31. The molecule has 1 N–H and O–H groups in total. The predicted octanol–water partition coefficient (Wildman–Crippen LogP) is 4.83. The Morgan fingerprint density at radius 2 is 1.58 bits per heavy atom. The molecular formula is C28H37N3O5S2. The van der Waals surface area contributed by atoms with Crippen LogP contribution in [-0.2, 0) is 30.7 Å². The van der Waals surface area contributed by atoms with E-state index in [-0.39, 0.29) is 23.1 Å². The van der Waals surface area contributed by atoms with Crippen LogP contribution in [0, 0.1) is 6.92 Å². The summed E-state index contributed by atoms with van der Waals surface area (Å²) in [6.45, 7) is 8.30. The van der Waals surface area contributed by atoms with E-state index in [9.17, 15) is 13.2 Å². The Balaban J connectivity index is 1.75. The quantitative estimate of drug-likeness (QED) is 0.253. The second-order valence-electron chi connectivity index (χ2n) is 8.65. The lowest BCUT2D eigenvalue weighted by Crippen LogP contribution is -2.33. The van der Waals surface area contributed by atoms with Crippen molar-refractivity contribution in [2.75, 3.05) is 44.4 Å². The molecule has 0 aliphatic heterocycles. The average molecular weight is 560 g/mol. The zero-order chi connectivity index (χ0) is 27.4. The van der Waals surface area contributed by atoms with Crippen molar-refractivity contribution in [3.8, 4) is 11.1 Å². The fourth-order valence-corrected chi connectivity index (χ4v) is 6.50. The summed E-state index contributed by atoms with van der Waals surface area (Å²) in [6, 6.07) is 18.0. The molecule has 0 bridgehead atoms. The maximum Gasteiger partial charge on any atom is 0.252 e. The van der Waals surface area contributed by atoms with E-state index in [0.717, 1.165) is 28.0 Å². The number of aromatic nitrogens is 1. The molecule has 1 amide bonds. The lowest BCUT2D eigenvalue weighted by Gasteiger charge is -2.20. The molecule has 3 aromatic rings. The van der Waals surface area contributed by atoms with Gasteiger partial charge in [-0.25, -0.2) is 18.1 Å². The number of hydrogen-bond donors (Lipinski definition) is 1. The minimum atomic E-state index is -3.75. The van der Waals surface area contributed by atoms with Crippen LogP contribution < -0.4 is 9.62 Å². The van der Waals surface area contributed by atoms with Gasteiger partial charge < -0.3 is 9.47 Å². The van der Waals surface area contributed by atoms with Gasteiger partial charge in [0.25, 0.3) is 10.0 Å². The topological polar surface area (TPSA) is 97.8 Å². The summed E-state index contributed by atoms with van der Waals surface area (Å²) in [5.41, 5.74) is 3.44. The fourth-order valence-electron chi connectivity index (χ4n) is 3.84. The minimum absolute atomic E-state index is 0.124. The number of benzene rings is 2. The molecule has 2 aromatic carbocycles. The second-order valence-corrected chi connectivity index (χ2v) is 11.6. The van der Waals surface area contributed by atoms with Crippen molar-refractivity contribution in [1.29, 1.82) is 0 Å². The van der Waals surface area contributed by atoms with E-state index < -0.39 is 10.0 Å². The van der Waals surface area contributed by atoms with E-state index in [1.807, 2.05) is 68.4 Å². The Morgan fingerprint density at radius 1 is 0.947 bits per heavy atom. The summed E-state index contributed by atoms with van der Waals surface area (Å²) in [6.07, 6.45) is 1.37. The highest BCUT2D eigenvalue weighted by Gasteiger charge is 2.26. The van der Waals surface area contributed by atoms with Crippen LogP contribution in [0.25, 0.3) is 11.1 Å². The van der Waals surface area contributed by atoms with E-state index in [1.165, 1.54) is 0 Å². The molecule has 3 rings (SSSR count). The zero-order valence-electron chi connectivity index (χ0n) is 22.3. The van der Waals surface area contributed by atoms with Gasteiger partial charge in [-0.2, -0.15) is 0 Å². The predicted molar refractivity (Wildman–Crippen MR) is 152 cm³/mol. The molecule has 0 radical (unpaired) electrons. The molecule has 0 aliphatic rings. The van der Waals surface area contributed by atoms with Gasteiger partial charge in [0.05, 0.1) is 12.1 Å². The third kappa shape index (κ3) is 8.71. The number of ether oxygens (including phenoxy) is 2. The number of sulfonamides is 1. The highest BCUT2D eigenvalue weighted by atomic mass is 32.2. The van der Waals surface area contributed by atoms with Crippen molar-refractivity contribution in [2.45, 2.75) is 44.2 Å². The van der Waals surface area contributed by atoms with Crippen LogP contribution >= 0.6 is 11.3 Å². The summed E-state index contributed by atoms with van der Waals surface area (Å²) >= 11 is 1.02. The van der Waals surface area contributed by atoms with Gasteiger partial charge in [-0.15, -0.1) is 0 Å². The van der Waals surface area contributed by atoms with Crippen molar-refractivity contribution >= 4 is 32.4 Å². The summed E-state index contributed by atoms with van der Waals surface area (Å²) in [7, 11) is -3.75. The number of hydrogen-bond acceptors (Lipinski definition) is 7. The van der Waals surface area contributed by atoms with Crippen LogP contribution in [0.15, 0.2) is 58.8 Å². The van der Waals surface area contributed by atoms with E-state index in [4.69, 9.17) is 9.47 Å². The monoisotopic (exact) mass is 559 g/mol. The summed E-state index contributed by atoms with van der Waals surface area (Å²) in [5, 5.41) is 0.375. The van der Waals surface area contributed by atoms with Gasteiger partial charge in [0.15, 0.2) is 9.34 Å². The van der Waals surface area contributed by atoms with Crippen LogP contribution in [-0.4, -0.2) is 58.8 Å². The summed E-state index contributed by atoms with van der Waals surface area (Å²) in [5.74, 6) is -0.142. The van der Waals surface area contributed by atoms with E-state index in [2.05, 4.69) is 9.71 Å². The molecule has 206 valence electrons. The van der Waals surface area contributed by atoms with Crippen molar-refractivity contribution in [2.24, 2.45) is 0 Å². The molecule has 0 saturated carbocycles. The first-order valence-corrected chi connectivity index (χ1v) is 15.2. The van der Waals surface area contributed by atoms with E-state index in [0.29, 0.717) is 56.6 Å². The molecule has 0 saturated heterocycles. The van der Waals surface area contributed by atoms with Gasteiger partial charge in [-0.3, -0.25) is 9.69 Å². The number of aryl methyl sites for hydroxylation is 1. The molecule has 0 spiro atoms. The fraction of sp³-hybridized carbons (Fsp3) is 0.429. The van der Waals surface area contributed by atoms with Crippen LogP contribution in [0.3, 0.4) is 0 Å². The van der Waals surface area contributed by atoms with Gasteiger partial charge in [-0.05, 0) is 50.3 Å². The SMILES string of the molecule is CCOCCCNS(=O)(=O)c1sc(N(CCCOCC)C(=O)Cc2ccc(-c3ccccc3)cc2)nc1C. The molecule has 38 heavy (non-hydrogen) atoms. The minimum Gasteiger partial charge on any atom is -0.382 e. The summed E-state index contributed by atoms with van der Waals surface area (Å²) < 4.78 is 39.3. The number of carbonyl (C=O) groups is 1. The van der Waals surface area contributed by atoms with Crippen molar-refractivity contribution in [1.82, 2.24) is 9.71 Å². The molecule has 0 fully saturated rings. The standard InChI is InChI=1S/C28H37N3O5S2/c1-4-35-19-9-17-29-38(33,34)27-22(3)30-28(37-27)31(18-10-20-36-5-2)26(32)21-23-13-15-25(16-14-23)24-11-7-6-8-12-24/h6-8,11-16,29H,4-5,9-10,17-21H2,1-3H3. The van der Waals surface area contributed by atoms with Gasteiger partial charge in [0, 0.05) is 39.5 Å². The molecule has 0 unspecified atom stereocenters. The number of amides is 1. The number of thiazole rings is 1. The number of nitrogens with one attached hydrogen (secondary N) is 1. The van der Waals surface area contributed by atoms with Gasteiger partial charge in [0.1, 0.15) is 0 Å². The van der Waals surface area contributed by atoms with Crippen molar-refractivity contribution < 1.29 is 22.7 Å².